The van der Waals surface area contributed by atoms with Gasteiger partial charge in [-0.25, -0.2) is 0 Å². The molecule has 0 bridgehead atoms. The van der Waals surface area contributed by atoms with E-state index in [1.165, 1.54) is 19.3 Å². The van der Waals surface area contributed by atoms with Gasteiger partial charge in [-0.1, -0.05) is 27.2 Å². The number of carbonyl (C=O) groups is 1. The first-order valence-electron chi connectivity index (χ1n) is 7.96. The second-order valence-electron chi connectivity index (χ2n) is 7.39. The second kappa shape index (κ2) is 6.44. The van der Waals surface area contributed by atoms with Crippen molar-refractivity contribution in [3.8, 4) is 0 Å². The number of carboxylic acid groups (broad SMARTS) is 1. The van der Waals surface area contributed by atoms with Crippen LogP contribution in [0.4, 0.5) is 0 Å². The predicted octanol–water partition coefficient (Wildman–Crippen LogP) is 2.77. The van der Waals surface area contributed by atoms with Gasteiger partial charge in [-0.2, -0.15) is 0 Å². The largest absolute Gasteiger partial charge is 0.480 e. The van der Waals surface area contributed by atoms with Crippen LogP contribution in [0.25, 0.3) is 0 Å². The summed E-state index contributed by atoms with van der Waals surface area (Å²) < 4.78 is 5.35. The molecule has 4 heteroatoms. The summed E-state index contributed by atoms with van der Waals surface area (Å²) in [4.78, 5) is 13.6. The Morgan fingerprint density at radius 1 is 1.20 bits per heavy atom. The van der Waals surface area contributed by atoms with Crippen LogP contribution in [0, 0.1) is 11.3 Å². The van der Waals surface area contributed by atoms with E-state index >= 15 is 0 Å². The highest BCUT2D eigenvalue weighted by molar-refractivity contribution is 5.73. The molecule has 4 nitrogen and oxygen atoms in total. The van der Waals surface area contributed by atoms with Gasteiger partial charge in [0.1, 0.15) is 6.04 Å². The van der Waals surface area contributed by atoms with E-state index in [2.05, 4.69) is 25.7 Å². The average molecular weight is 283 g/mol. The molecule has 1 saturated carbocycles. The van der Waals surface area contributed by atoms with E-state index in [0.29, 0.717) is 24.7 Å². The van der Waals surface area contributed by atoms with E-state index in [-0.39, 0.29) is 0 Å². The molecule has 1 saturated heterocycles. The molecule has 0 aromatic rings. The number of nitrogens with zero attached hydrogens (tertiary/aromatic N) is 1. The fourth-order valence-corrected chi connectivity index (χ4v) is 3.75. The summed E-state index contributed by atoms with van der Waals surface area (Å²) in [7, 11) is 0. The fraction of sp³-hybridized carbons (Fsp3) is 0.938. The minimum Gasteiger partial charge on any atom is -0.480 e. The molecular formula is C16H29NO3. The summed E-state index contributed by atoms with van der Waals surface area (Å²) in [6.07, 6.45) is 5.98. The maximum atomic E-state index is 11.4. The highest BCUT2D eigenvalue weighted by Crippen LogP contribution is 2.38. The van der Waals surface area contributed by atoms with Crippen molar-refractivity contribution < 1.29 is 14.6 Å². The molecule has 2 rings (SSSR count). The van der Waals surface area contributed by atoms with Gasteiger partial charge in [-0.15, -0.1) is 0 Å². The lowest BCUT2D eigenvalue weighted by molar-refractivity contribution is -0.151. The summed E-state index contributed by atoms with van der Waals surface area (Å²) in [5.74, 6) is 0.0261. The van der Waals surface area contributed by atoms with E-state index < -0.39 is 12.0 Å². The van der Waals surface area contributed by atoms with Crippen LogP contribution in [0.15, 0.2) is 0 Å². The van der Waals surface area contributed by atoms with Crippen molar-refractivity contribution in [1.29, 1.82) is 0 Å². The highest BCUT2D eigenvalue weighted by atomic mass is 16.5. The SMILES string of the molecule is CC(C)(C)C1CCCC(N2CCOCC2C(=O)O)CC1. The molecule has 0 radical (unpaired) electrons. The van der Waals surface area contributed by atoms with Crippen LogP contribution in [-0.2, 0) is 9.53 Å². The molecule has 3 unspecified atom stereocenters. The molecule has 20 heavy (non-hydrogen) atoms. The van der Waals surface area contributed by atoms with Crippen LogP contribution in [0.1, 0.15) is 52.9 Å². The maximum absolute atomic E-state index is 11.4. The summed E-state index contributed by atoms with van der Waals surface area (Å²) in [6, 6.07) is -0.0210. The standard InChI is InChI=1S/C16H29NO3/c1-16(2,3)12-5-4-6-13(8-7-12)17-9-10-20-11-14(17)15(18)19/h12-14H,4-11H2,1-3H3,(H,18,19). The van der Waals surface area contributed by atoms with Gasteiger partial charge in [0, 0.05) is 12.6 Å². The lowest BCUT2D eigenvalue weighted by atomic mass is 9.76. The molecule has 0 spiro atoms. The first-order chi connectivity index (χ1) is 9.39. The molecule has 1 aliphatic heterocycles. The predicted molar refractivity (Wildman–Crippen MR) is 78.8 cm³/mol. The van der Waals surface area contributed by atoms with Crippen LogP contribution in [0.2, 0.25) is 0 Å². The first kappa shape index (κ1) is 15.8. The normalized spacial score (nSPS) is 33.6. The number of carboxylic acids is 1. The summed E-state index contributed by atoms with van der Waals surface area (Å²) in [5.41, 5.74) is 0.367. The van der Waals surface area contributed by atoms with E-state index in [1.807, 2.05) is 0 Å². The van der Waals surface area contributed by atoms with Crippen LogP contribution < -0.4 is 0 Å². The summed E-state index contributed by atoms with van der Waals surface area (Å²) in [5, 5.41) is 9.37. The van der Waals surface area contributed by atoms with Crippen molar-refractivity contribution in [3.05, 3.63) is 0 Å². The Balaban J connectivity index is 2.00. The monoisotopic (exact) mass is 283 g/mol. The zero-order valence-corrected chi connectivity index (χ0v) is 13.1. The number of morpholine rings is 1. The Morgan fingerprint density at radius 2 is 1.95 bits per heavy atom. The van der Waals surface area contributed by atoms with E-state index in [4.69, 9.17) is 4.74 Å². The minimum atomic E-state index is -0.735. The van der Waals surface area contributed by atoms with Gasteiger partial charge in [-0.05, 0) is 37.0 Å². The third-order valence-corrected chi connectivity index (χ3v) is 5.09. The molecule has 2 fully saturated rings. The molecule has 1 N–H and O–H groups in total. The zero-order chi connectivity index (χ0) is 14.8. The fourth-order valence-electron chi connectivity index (χ4n) is 3.75. The van der Waals surface area contributed by atoms with Gasteiger partial charge in [0.05, 0.1) is 13.2 Å². The Kier molecular flexibility index (Phi) is 5.08. The van der Waals surface area contributed by atoms with Gasteiger partial charge < -0.3 is 9.84 Å². The number of hydrogen-bond acceptors (Lipinski definition) is 3. The number of hydrogen-bond donors (Lipinski definition) is 1. The zero-order valence-electron chi connectivity index (χ0n) is 13.1. The van der Waals surface area contributed by atoms with Gasteiger partial charge in [-0.3, -0.25) is 9.69 Å². The molecule has 1 aliphatic carbocycles. The molecule has 1 heterocycles. The van der Waals surface area contributed by atoms with Crippen molar-refractivity contribution >= 4 is 5.97 Å². The van der Waals surface area contributed by atoms with E-state index in [1.54, 1.807) is 0 Å². The lowest BCUT2D eigenvalue weighted by Crippen LogP contribution is -2.54. The maximum Gasteiger partial charge on any atom is 0.323 e. The Morgan fingerprint density at radius 3 is 2.60 bits per heavy atom. The van der Waals surface area contributed by atoms with Crippen molar-refractivity contribution in [3.63, 3.8) is 0 Å². The van der Waals surface area contributed by atoms with Crippen LogP contribution in [0.5, 0.6) is 0 Å². The van der Waals surface area contributed by atoms with Crippen molar-refractivity contribution in [2.24, 2.45) is 11.3 Å². The van der Waals surface area contributed by atoms with Crippen LogP contribution >= 0.6 is 0 Å². The quantitative estimate of drug-likeness (QED) is 0.792. The molecule has 0 aromatic carbocycles. The number of ether oxygens (including phenoxy) is 1. The average Bonchev–Trinajstić information content (AvgIpc) is 2.63. The van der Waals surface area contributed by atoms with Crippen LogP contribution in [0.3, 0.4) is 0 Å². The third kappa shape index (κ3) is 3.73. The van der Waals surface area contributed by atoms with E-state index in [0.717, 1.165) is 25.3 Å². The van der Waals surface area contributed by atoms with Gasteiger partial charge in [0.2, 0.25) is 0 Å². The Labute approximate surface area is 122 Å². The molecule has 0 amide bonds. The van der Waals surface area contributed by atoms with Crippen molar-refractivity contribution in [2.75, 3.05) is 19.8 Å². The lowest BCUT2D eigenvalue weighted by Gasteiger charge is -2.39. The first-order valence-corrected chi connectivity index (χ1v) is 7.96. The van der Waals surface area contributed by atoms with Gasteiger partial charge in [0.25, 0.3) is 0 Å². The summed E-state index contributed by atoms with van der Waals surface area (Å²) in [6.45, 7) is 8.76. The molecule has 0 aromatic heterocycles. The van der Waals surface area contributed by atoms with Gasteiger partial charge >= 0.3 is 5.97 Å². The van der Waals surface area contributed by atoms with Crippen LogP contribution in [-0.4, -0.2) is 47.8 Å². The van der Waals surface area contributed by atoms with E-state index in [9.17, 15) is 9.90 Å². The number of aliphatic carboxylic acids is 1. The third-order valence-electron chi connectivity index (χ3n) is 5.09. The van der Waals surface area contributed by atoms with Crippen molar-refractivity contribution in [2.45, 2.75) is 65.0 Å². The molecule has 3 atom stereocenters. The van der Waals surface area contributed by atoms with Crippen molar-refractivity contribution in [1.82, 2.24) is 4.90 Å². The Bertz CT molecular complexity index is 337. The number of rotatable bonds is 2. The minimum absolute atomic E-state index is 0.342. The second-order valence-corrected chi connectivity index (χ2v) is 7.39. The molecular weight excluding hydrogens is 254 g/mol. The smallest absolute Gasteiger partial charge is 0.323 e. The molecule has 116 valence electrons. The Hall–Kier alpha value is -0.610. The summed E-state index contributed by atoms with van der Waals surface area (Å²) >= 11 is 0. The van der Waals surface area contributed by atoms with Gasteiger partial charge in [0.15, 0.2) is 0 Å². The highest BCUT2D eigenvalue weighted by Gasteiger charge is 2.36. The molecule has 2 aliphatic rings. The topological polar surface area (TPSA) is 49.8 Å².